The number of hydrogen-bond acceptors (Lipinski definition) is 4. The minimum absolute atomic E-state index is 0.238. The molecule has 3 unspecified atom stereocenters. The van der Waals surface area contributed by atoms with E-state index >= 15 is 0 Å². The third kappa shape index (κ3) is 4.51. The van der Waals surface area contributed by atoms with Crippen LogP contribution in [0.25, 0.3) is 0 Å². The molecule has 19 heavy (non-hydrogen) atoms. The van der Waals surface area contributed by atoms with Gasteiger partial charge in [-0.3, -0.25) is 5.21 Å². The molecule has 0 saturated carbocycles. The standard InChI is InChI=1S/C14H25NO4/c1-5-7-12(16)10-8-6-9-11(10)15(18)13(17)19-14(2,3)4/h6,8,10-12,16,18H,5,7,9H2,1-4H3. The second kappa shape index (κ2) is 6.39. The molecule has 0 fully saturated rings. The number of aliphatic hydroxyl groups is 1. The van der Waals surface area contributed by atoms with Crippen LogP contribution in [0, 0.1) is 5.92 Å². The topological polar surface area (TPSA) is 70.0 Å². The van der Waals surface area contributed by atoms with E-state index in [2.05, 4.69) is 0 Å². The van der Waals surface area contributed by atoms with Crippen molar-refractivity contribution in [1.29, 1.82) is 0 Å². The number of amides is 1. The van der Waals surface area contributed by atoms with Crippen molar-refractivity contribution in [3.63, 3.8) is 0 Å². The highest BCUT2D eigenvalue weighted by atomic mass is 16.6. The molecular weight excluding hydrogens is 246 g/mol. The summed E-state index contributed by atoms with van der Waals surface area (Å²) in [5.41, 5.74) is -0.651. The zero-order valence-corrected chi connectivity index (χ0v) is 12.2. The summed E-state index contributed by atoms with van der Waals surface area (Å²) in [5.74, 6) is -0.238. The molecule has 2 N–H and O–H groups in total. The van der Waals surface area contributed by atoms with E-state index in [9.17, 15) is 15.1 Å². The first-order chi connectivity index (χ1) is 8.76. The first-order valence-corrected chi connectivity index (χ1v) is 6.82. The number of carbonyl (C=O) groups is 1. The van der Waals surface area contributed by atoms with Gasteiger partial charge in [0.2, 0.25) is 0 Å². The minimum atomic E-state index is -0.769. The van der Waals surface area contributed by atoms with Gasteiger partial charge < -0.3 is 9.84 Å². The van der Waals surface area contributed by atoms with E-state index in [1.54, 1.807) is 20.8 Å². The zero-order chi connectivity index (χ0) is 14.6. The van der Waals surface area contributed by atoms with Crippen LogP contribution in [0.15, 0.2) is 12.2 Å². The molecule has 1 aliphatic rings. The SMILES string of the molecule is CCCC(O)C1C=CCC1N(O)C(=O)OC(C)(C)C. The van der Waals surface area contributed by atoms with Crippen LogP contribution in [0.5, 0.6) is 0 Å². The Morgan fingerprint density at radius 1 is 1.53 bits per heavy atom. The Kier molecular flexibility index (Phi) is 5.38. The smallest absolute Gasteiger partial charge is 0.434 e. The molecule has 0 spiro atoms. The van der Waals surface area contributed by atoms with E-state index in [1.165, 1.54) is 0 Å². The summed E-state index contributed by atoms with van der Waals surface area (Å²) in [5, 5.41) is 20.6. The number of hydroxylamine groups is 2. The molecule has 110 valence electrons. The van der Waals surface area contributed by atoms with Crippen molar-refractivity contribution in [1.82, 2.24) is 5.06 Å². The Balaban J connectivity index is 2.65. The number of nitrogens with zero attached hydrogens (tertiary/aromatic N) is 1. The van der Waals surface area contributed by atoms with Crippen molar-refractivity contribution in [3.05, 3.63) is 12.2 Å². The maximum Gasteiger partial charge on any atom is 0.434 e. The summed E-state index contributed by atoms with van der Waals surface area (Å²) < 4.78 is 5.13. The summed E-state index contributed by atoms with van der Waals surface area (Å²) >= 11 is 0. The molecule has 0 radical (unpaired) electrons. The Bertz CT molecular complexity index is 335. The average Bonchev–Trinajstić information content (AvgIpc) is 2.74. The van der Waals surface area contributed by atoms with Crippen molar-refractivity contribution in [2.24, 2.45) is 5.92 Å². The second-order valence-corrected chi connectivity index (χ2v) is 5.99. The summed E-state index contributed by atoms with van der Waals surface area (Å²) in [6, 6.07) is -0.448. The zero-order valence-electron chi connectivity index (χ0n) is 12.2. The van der Waals surface area contributed by atoms with E-state index in [4.69, 9.17) is 4.74 Å². The summed E-state index contributed by atoms with van der Waals surface area (Å²) in [6.45, 7) is 7.22. The van der Waals surface area contributed by atoms with Gasteiger partial charge in [-0.05, 0) is 33.6 Å². The number of hydrogen-bond donors (Lipinski definition) is 2. The fourth-order valence-corrected chi connectivity index (χ4v) is 2.24. The maximum atomic E-state index is 11.8. The van der Waals surface area contributed by atoms with Crippen LogP contribution >= 0.6 is 0 Å². The molecule has 1 amide bonds. The van der Waals surface area contributed by atoms with Crippen molar-refractivity contribution in [3.8, 4) is 0 Å². The predicted molar refractivity (Wildman–Crippen MR) is 71.8 cm³/mol. The van der Waals surface area contributed by atoms with Crippen LogP contribution in [0.1, 0.15) is 47.0 Å². The highest BCUT2D eigenvalue weighted by Gasteiger charge is 2.36. The lowest BCUT2D eigenvalue weighted by molar-refractivity contribution is -0.133. The quantitative estimate of drug-likeness (QED) is 0.468. The van der Waals surface area contributed by atoms with Gasteiger partial charge in [-0.25, -0.2) is 4.79 Å². The molecule has 0 heterocycles. The van der Waals surface area contributed by atoms with Gasteiger partial charge in [0.25, 0.3) is 0 Å². The molecule has 0 saturated heterocycles. The van der Waals surface area contributed by atoms with Gasteiger partial charge in [0.15, 0.2) is 0 Å². The normalized spacial score (nSPS) is 24.3. The lowest BCUT2D eigenvalue weighted by Gasteiger charge is -2.31. The van der Waals surface area contributed by atoms with E-state index in [1.807, 2.05) is 19.1 Å². The number of ether oxygens (including phenoxy) is 1. The van der Waals surface area contributed by atoms with E-state index in [0.29, 0.717) is 17.9 Å². The van der Waals surface area contributed by atoms with Gasteiger partial charge in [0.05, 0.1) is 12.1 Å². The molecule has 1 rings (SSSR count). The highest BCUT2D eigenvalue weighted by molar-refractivity contribution is 5.67. The molecule has 3 atom stereocenters. The fourth-order valence-electron chi connectivity index (χ4n) is 2.24. The van der Waals surface area contributed by atoms with Crippen LogP contribution in [0.4, 0.5) is 4.79 Å². The largest absolute Gasteiger partial charge is 0.442 e. The van der Waals surface area contributed by atoms with Crippen LogP contribution in [0.2, 0.25) is 0 Å². The average molecular weight is 271 g/mol. The van der Waals surface area contributed by atoms with Crippen LogP contribution < -0.4 is 0 Å². The van der Waals surface area contributed by atoms with Crippen molar-refractivity contribution >= 4 is 6.09 Å². The number of rotatable bonds is 4. The Morgan fingerprint density at radius 2 is 2.16 bits per heavy atom. The minimum Gasteiger partial charge on any atom is -0.442 e. The molecule has 5 heteroatoms. The molecule has 5 nitrogen and oxygen atoms in total. The fraction of sp³-hybridized carbons (Fsp3) is 0.786. The number of carbonyl (C=O) groups excluding carboxylic acids is 1. The Labute approximate surface area is 114 Å². The van der Waals surface area contributed by atoms with Crippen molar-refractivity contribution in [2.45, 2.75) is 64.7 Å². The van der Waals surface area contributed by atoms with Crippen LogP contribution in [-0.4, -0.2) is 39.2 Å². The van der Waals surface area contributed by atoms with Crippen molar-refractivity contribution < 1.29 is 19.8 Å². The second-order valence-electron chi connectivity index (χ2n) is 5.99. The highest BCUT2D eigenvalue weighted by Crippen LogP contribution is 2.28. The monoisotopic (exact) mass is 271 g/mol. The summed E-state index contributed by atoms with van der Waals surface area (Å²) in [6.07, 6.45) is 4.45. The van der Waals surface area contributed by atoms with Gasteiger partial charge >= 0.3 is 6.09 Å². The first kappa shape index (κ1) is 16.0. The third-order valence-electron chi connectivity index (χ3n) is 3.10. The molecule has 0 bridgehead atoms. The molecule has 0 aromatic heterocycles. The summed E-state index contributed by atoms with van der Waals surface area (Å²) in [7, 11) is 0. The van der Waals surface area contributed by atoms with Crippen LogP contribution in [-0.2, 0) is 4.74 Å². The van der Waals surface area contributed by atoms with E-state index in [-0.39, 0.29) is 5.92 Å². The first-order valence-electron chi connectivity index (χ1n) is 6.82. The van der Waals surface area contributed by atoms with E-state index in [0.717, 1.165) is 6.42 Å². The lowest BCUT2D eigenvalue weighted by atomic mass is 9.94. The molecular formula is C14H25NO4. The molecule has 0 aromatic rings. The number of aliphatic hydroxyl groups excluding tert-OH is 1. The Morgan fingerprint density at radius 3 is 2.68 bits per heavy atom. The predicted octanol–water partition coefficient (Wildman–Crippen LogP) is 2.72. The van der Waals surface area contributed by atoms with Gasteiger partial charge in [-0.2, -0.15) is 5.06 Å². The summed E-state index contributed by atoms with van der Waals surface area (Å²) in [4.78, 5) is 11.8. The van der Waals surface area contributed by atoms with E-state index < -0.39 is 23.8 Å². The van der Waals surface area contributed by atoms with Crippen LogP contribution in [0.3, 0.4) is 0 Å². The molecule has 0 aromatic carbocycles. The van der Waals surface area contributed by atoms with Crippen molar-refractivity contribution in [2.75, 3.05) is 0 Å². The third-order valence-corrected chi connectivity index (χ3v) is 3.10. The van der Waals surface area contributed by atoms with Gasteiger partial charge in [-0.1, -0.05) is 25.5 Å². The lowest BCUT2D eigenvalue weighted by Crippen LogP contribution is -2.45. The van der Waals surface area contributed by atoms with Gasteiger partial charge in [0, 0.05) is 5.92 Å². The molecule has 0 aliphatic heterocycles. The Hall–Kier alpha value is -1.07. The maximum absolute atomic E-state index is 11.8. The van der Waals surface area contributed by atoms with Gasteiger partial charge in [0.1, 0.15) is 5.60 Å². The van der Waals surface area contributed by atoms with Gasteiger partial charge in [-0.15, -0.1) is 0 Å². The molecule has 1 aliphatic carbocycles.